The van der Waals surface area contributed by atoms with Gasteiger partial charge in [0.2, 0.25) is 11.8 Å². The van der Waals surface area contributed by atoms with Gasteiger partial charge in [-0.1, -0.05) is 76.4 Å². The Morgan fingerprint density at radius 3 is 2.23 bits per heavy atom. The molecule has 39 heavy (non-hydrogen) atoms. The number of hydrogen-bond acceptors (Lipinski definition) is 4. The Balaban J connectivity index is 2.05. The van der Waals surface area contributed by atoms with Crippen LogP contribution in [-0.4, -0.2) is 43.8 Å². The molecule has 0 heterocycles. The molecule has 0 saturated heterocycles. The number of sulfonamides is 1. The smallest absolute Gasteiger partial charge is 0.264 e. The van der Waals surface area contributed by atoms with Gasteiger partial charge < -0.3 is 10.2 Å². The molecule has 2 amide bonds. The number of carbonyl (C=O) groups excluding carboxylic acids is 2. The highest BCUT2D eigenvalue weighted by Crippen LogP contribution is 2.33. The number of carbonyl (C=O) groups is 2. The van der Waals surface area contributed by atoms with Gasteiger partial charge in [-0.15, -0.1) is 0 Å². The van der Waals surface area contributed by atoms with Gasteiger partial charge in [-0.2, -0.15) is 0 Å². The van der Waals surface area contributed by atoms with E-state index >= 15 is 0 Å². The Morgan fingerprint density at radius 1 is 0.974 bits per heavy atom. The van der Waals surface area contributed by atoms with Crippen LogP contribution in [0.1, 0.15) is 32.8 Å². The number of nitrogens with one attached hydrogen (secondary N) is 1. The molecule has 1 N–H and O–H groups in total. The second-order valence-electron chi connectivity index (χ2n) is 9.06. The van der Waals surface area contributed by atoms with Crippen LogP contribution in [-0.2, 0) is 26.2 Å². The Kier molecular flexibility index (Phi) is 10.8. The molecule has 2 atom stereocenters. The molecule has 11 heteroatoms. The molecular formula is C28H30BrCl2N3O4S. The summed E-state index contributed by atoms with van der Waals surface area (Å²) in [6.45, 7) is 4.93. The van der Waals surface area contributed by atoms with Crippen molar-refractivity contribution in [1.82, 2.24) is 10.2 Å². The van der Waals surface area contributed by atoms with Crippen molar-refractivity contribution in [3.8, 4) is 0 Å². The quantitative estimate of drug-likeness (QED) is 0.264. The SMILES string of the molecule is CCC(C)NC(=O)C(C)N(Cc1ccc(Br)cc1)C(=O)CN(c1cc(Cl)ccc1Cl)S(=O)(=O)c1ccccc1. The second kappa shape index (κ2) is 13.7. The Bertz CT molecular complexity index is 1410. The number of benzene rings is 3. The number of nitrogens with zero attached hydrogens (tertiary/aromatic N) is 2. The first-order chi connectivity index (χ1) is 18.4. The minimum Gasteiger partial charge on any atom is -0.352 e. The van der Waals surface area contributed by atoms with Gasteiger partial charge in [0.25, 0.3) is 10.0 Å². The summed E-state index contributed by atoms with van der Waals surface area (Å²) in [6, 6.07) is 18.5. The van der Waals surface area contributed by atoms with Crippen molar-refractivity contribution in [3.63, 3.8) is 0 Å². The molecule has 0 aliphatic carbocycles. The summed E-state index contributed by atoms with van der Waals surface area (Å²) in [5.41, 5.74) is 0.828. The summed E-state index contributed by atoms with van der Waals surface area (Å²) in [7, 11) is -4.23. The number of amides is 2. The second-order valence-corrected chi connectivity index (χ2v) is 12.7. The van der Waals surface area contributed by atoms with Crippen molar-refractivity contribution in [2.75, 3.05) is 10.8 Å². The fraction of sp³-hybridized carbons (Fsp3) is 0.286. The van der Waals surface area contributed by atoms with Crippen LogP contribution in [0.3, 0.4) is 0 Å². The third-order valence-electron chi connectivity index (χ3n) is 6.22. The van der Waals surface area contributed by atoms with Gasteiger partial charge in [0.15, 0.2) is 0 Å². The summed E-state index contributed by atoms with van der Waals surface area (Å²) in [4.78, 5) is 28.4. The predicted molar refractivity (Wildman–Crippen MR) is 159 cm³/mol. The van der Waals surface area contributed by atoms with E-state index in [0.717, 1.165) is 20.8 Å². The number of hydrogen-bond donors (Lipinski definition) is 1. The van der Waals surface area contributed by atoms with Gasteiger partial charge in [0.05, 0.1) is 15.6 Å². The molecule has 208 valence electrons. The third kappa shape index (κ3) is 7.97. The molecule has 0 bridgehead atoms. The summed E-state index contributed by atoms with van der Waals surface area (Å²) >= 11 is 16.0. The lowest BCUT2D eigenvalue weighted by molar-refractivity contribution is -0.139. The molecule has 0 fully saturated rings. The molecule has 7 nitrogen and oxygen atoms in total. The monoisotopic (exact) mass is 653 g/mol. The van der Waals surface area contributed by atoms with E-state index in [4.69, 9.17) is 23.2 Å². The van der Waals surface area contributed by atoms with E-state index in [0.29, 0.717) is 0 Å². The molecule has 0 spiro atoms. The number of halogens is 3. The fourth-order valence-corrected chi connectivity index (χ4v) is 5.89. The van der Waals surface area contributed by atoms with E-state index in [1.807, 2.05) is 38.1 Å². The zero-order valence-corrected chi connectivity index (χ0v) is 25.7. The topological polar surface area (TPSA) is 86.8 Å². The third-order valence-corrected chi connectivity index (χ3v) is 9.08. The summed E-state index contributed by atoms with van der Waals surface area (Å²) < 4.78 is 29.4. The van der Waals surface area contributed by atoms with Crippen molar-refractivity contribution in [2.24, 2.45) is 0 Å². The van der Waals surface area contributed by atoms with Crippen LogP contribution < -0.4 is 9.62 Å². The maximum absolute atomic E-state index is 13.9. The van der Waals surface area contributed by atoms with E-state index in [-0.39, 0.29) is 39.1 Å². The highest BCUT2D eigenvalue weighted by molar-refractivity contribution is 9.10. The number of anilines is 1. The van der Waals surface area contributed by atoms with Crippen LogP contribution in [0.4, 0.5) is 5.69 Å². The molecular weight excluding hydrogens is 625 g/mol. The van der Waals surface area contributed by atoms with Gasteiger partial charge >= 0.3 is 0 Å². The van der Waals surface area contributed by atoms with E-state index in [1.54, 1.807) is 25.1 Å². The van der Waals surface area contributed by atoms with Crippen molar-refractivity contribution in [2.45, 2.75) is 50.7 Å². The number of rotatable bonds is 11. The molecule has 0 aliphatic heterocycles. The minimum atomic E-state index is -4.23. The molecule has 0 aliphatic rings. The normalized spacial score (nSPS) is 12.9. The van der Waals surface area contributed by atoms with Gasteiger partial charge in [-0.3, -0.25) is 13.9 Å². The predicted octanol–water partition coefficient (Wildman–Crippen LogP) is 6.28. The highest BCUT2D eigenvalue weighted by atomic mass is 79.9. The lowest BCUT2D eigenvalue weighted by Gasteiger charge is -2.32. The van der Waals surface area contributed by atoms with Crippen molar-refractivity contribution < 1.29 is 18.0 Å². The van der Waals surface area contributed by atoms with Gasteiger partial charge in [0.1, 0.15) is 12.6 Å². The maximum Gasteiger partial charge on any atom is 0.264 e. The highest BCUT2D eigenvalue weighted by Gasteiger charge is 2.33. The maximum atomic E-state index is 13.9. The van der Waals surface area contributed by atoms with E-state index in [1.165, 1.54) is 35.2 Å². The van der Waals surface area contributed by atoms with Gasteiger partial charge in [0, 0.05) is 22.1 Å². The minimum absolute atomic E-state index is 0.0177. The summed E-state index contributed by atoms with van der Waals surface area (Å²) in [5.74, 6) is -0.923. The summed E-state index contributed by atoms with van der Waals surface area (Å²) in [5, 5.41) is 3.26. The molecule has 0 aromatic heterocycles. The first-order valence-corrected chi connectivity index (χ1v) is 15.3. The first-order valence-electron chi connectivity index (χ1n) is 12.3. The molecule has 0 saturated carbocycles. The molecule has 3 aromatic rings. The zero-order valence-electron chi connectivity index (χ0n) is 21.8. The van der Waals surface area contributed by atoms with Crippen molar-refractivity contribution >= 4 is 66.7 Å². The first kappa shape index (κ1) is 30.9. The van der Waals surface area contributed by atoms with E-state index < -0.39 is 28.5 Å². The average Bonchev–Trinajstić information content (AvgIpc) is 2.92. The Labute approximate surface area is 248 Å². The largest absolute Gasteiger partial charge is 0.352 e. The molecule has 2 unspecified atom stereocenters. The van der Waals surface area contributed by atoms with Crippen LogP contribution in [0, 0.1) is 0 Å². The van der Waals surface area contributed by atoms with Crippen molar-refractivity contribution in [3.05, 3.63) is 92.9 Å². The fourth-order valence-electron chi connectivity index (χ4n) is 3.74. The van der Waals surface area contributed by atoms with Crippen LogP contribution in [0.15, 0.2) is 82.2 Å². The van der Waals surface area contributed by atoms with Crippen LogP contribution in [0.5, 0.6) is 0 Å². The standard InChI is InChI=1S/C28H30BrCl2N3O4S/c1-4-19(2)32-28(36)20(3)33(17-21-10-12-22(29)13-11-21)27(35)18-34(26-16-23(30)14-15-25(26)31)39(37,38)24-8-6-5-7-9-24/h5-16,19-20H,4,17-18H2,1-3H3,(H,32,36). The lowest BCUT2D eigenvalue weighted by atomic mass is 10.1. The average molecular weight is 655 g/mol. The van der Waals surface area contributed by atoms with Crippen molar-refractivity contribution in [1.29, 1.82) is 0 Å². The molecule has 0 radical (unpaired) electrons. The zero-order chi connectivity index (χ0) is 28.7. The Hall–Kier alpha value is -2.59. The van der Waals surface area contributed by atoms with E-state index in [9.17, 15) is 18.0 Å². The van der Waals surface area contributed by atoms with E-state index in [2.05, 4.69) is 21.2 Å². The molecule has 3 rings (SSSR count). The van der Waals surface area contributed by atoms with Crippen LogP contribution in [0.25, 0.3) is 0 Å². The van der Waals surface area contributed by atoms with Crippen LogP contribution >= 0.6 is 39.1 Å². The van der Waals surface area contributed by atoms with Crippen LogP contribution in [0.2, 0.25) is 10.0 Å². The Morgan fingerprint density at radius 2 is 1.62 bits per heavy atom. The van der Waals surface area contributed by atoms with Gasteiger partial charge in [-0.25, -0.2) is 8.42 Å². The molecule has 3 aromatic carbocycles. The lowest BCUT2D eigenvalue weighted by Crippen LogP contribution is -2.52. The summed E-state index contributed by atoms with van der Waals surface area (Å²) in [6.07, 6.45) is 0.718. The van der Waals surface area contributed by atoms with Gasteiger partial charge in [-0.05, 0) is 68.3 Å².